The van der Waals surface area contributed by atoms with E-state index in [9.17, 15) is 4.79 Å². The van der Waals surface area contributed by atoms with Gasteiger partial charge < -0.3 is 5.32 Å². The molecular weight excluding hydrogens is 150 g/mol. The van der Waals surface area contributed by atoms with Crippen molar-refractivity contribution in [2.75, 3.05) is 6.54 Å². The number of carbonyl (C=O) groups excluding carboxylic acids is 1. The van der Waals surface area contributed by atoms with Crippen molar-refractivity contribution in [2.24, 2.45) is 5.41 Å². The van der Waals surface area contributed by atoms with Crippen LogP contribution in [0.5, 0.6) is 0 Å². The van der Waals surface area contributed by atoms with Crippen LogP contribution in [0.1, 0.15) is 47.0 Å². The van der Waals surface area contributed by atoms with Gasteiger partial charge in [-0.15, -0.1) is 0 Å². The molecule has 0 aromatic rings. The predicted octanol–water partition coefficient (Wildman–Crippen LogP) is 2.34. The highest BCUT2D eigenvalue weighted by atomic mass is 16.1. The Balaban J connectivity index is 3.17. The van der Waals surface area contributed by atoms with E-state index in [1.165, 1.54) is 12.8 Å². The van der Waals surface area contributed by atoms with Crippen LogP contribution in [0.4, 0.5) is 0 Å². The number of hydrogen-bond donors (Lipinski definition) is 1. The van der Waals surface area contributed by atoms with Crippen LogP contribution in [-0.4, -0.2) is 12.5 Å². The Morgan fingerprint density at radius 1 is 1.25 bits per heavy atom. The minimum atomic E-state index is 0.0748. The molecule has 0 spiro atoms. The van der Waals surface area contributed by atoms with Gasteiger partial charge in [0, 0.05) is 13.5 Å². The Bertz CT molecular complexity index is 135. The molecule has 0 unspecified atom stereocenters. The van der Waals surface area contributed by atoms with Gasteiger partial charge in [0.1, 0.15) is 0 Å². The summed E-state index contributed by atoms with van der Waals surface area (Å²) >= 11 is 0. The normalized spacial score (nSPS) is 11.3. The first kappa shape index (κ1) is 11.5. The van der Waals surface area contributed by atoms with Crippen molar-refractivity contribution < 1.29 is 4.79 Å². The van der Waals surface area contributed by atoms with E-state index in [2.05, 4.69) is 26.1 Å². The molecule has 0 saturated carbocycles. The van der Waals surface area contributed by atoms with Crippen LogP contribution in [0.3, 0.4) is 0 Å². The van der Waals surface area contributed by atoms with Crippen LogP contribution < -0.4 is 5.32 Å². The number of unbranched alkanes of at least 4 members (excludes halogenated alkanes) is 1. The summed E-state index contributed by atoms with van der Waals surface area (Å²) in [6, 6.07) is 0. The second-order valence-corrected chi connectivity index (χ2v) is 4.50. The van der Waals surface area contributed by atoms with Crippen molar-refractivity contribution in [2.45, 2.75) is 47.0 Å². The van der Waals surface area contributed by atoms with Crippen molar-refractivity contribution in [1.82, 2.24) is 5.32 Å². The van der Waals surface area contributed by atoms with Gasteiger partial charge in [-0.05, 0) is 18.3 Å². The van der Waals surface area contributed by atoms with Crippen molar-refractivity contribution >= 4 is 5.91 Å². The second-order valence-electron chi connectivity index (χ2n) is 4.50. The zero-order valence-corrected chi connectivity index (χ0v) is 8.74. The summed E-state index contributed by atoms with van der Waals surface area (Å²) in [6.45, 7) is 9.11. The molecule has 1 N–H and O–H groups in total. The molecule has 0 bridgehead atoms. The van der Waals surface area contributed by atoms with Crippen LogP contribution in [0.2, 0.25) is 0 Å². The molecule has 1 amide bonds. The van der Waals surface area contributed by atoms with E-state index >= 15 is 0 Å². The fourth-order valence-electron chi connectivity index (χ4n) is 1.04. The predicted molar refractivity (Wildman–Crippen MR) is 52.0 cm³/mol. The number of amides is 1. The van der Waals surface area contributed by atoms with Gasteiger partial charge in [-0.1, -0.05) is 27.2 Å². The van der Waals surface area contributed by atoms with E-state index in [1.54, 1.807) is 6.92 Å². The van der Waals surface area contributed by atoms with Crippen molar-refractivity contribution in [3.63, 3.8) is 0 Å². The number of nitrogens with one attached hydrogen (secondary N) is 1. The molecule has 0 atom stereocenters. The van der Waals surface area contributed by atoms with E-state index in [1.807, 2.05) is 0 Å². The SMILES string of the molecule is CC(=O)NCCCCC(C)(C)C. The molecule has 0 heterocycles. The molecule has 0 saturated heterocycles. The van der Waals surface area contributed by atoms with E-state index in [-0.39, 0.29) is 5.91 Å². The summed E-state index contributed by atoms with van der Waals surface area (Å²) in [5, 5.41) is 2.79. The van der Waals surface area contributed by atoms with Gasteiger partial charge in [0.2, 0.25) is 5.91 Å². The van der Waals surface area contributed by atoms with Crippen molar-refractivity contribution in [3.05, 3.63) is 0 Å². The molecule has 2 nitrogen and oxygen atoms in total. The Labute approximate surface area is 75.7 Å². The summed E-state index contributed by atoms with van der Waals surface area (Å²) in [7, 11) is 0. The van der Waals surface area contributed by atoms with Gasteiger partial charge in [0.25, 0.3) is 0 Å². The molecule has 0 aromatic heterocycles. The van der Waals surface area contributed by atoms with E-state index in [0.29, 0.717) is 5.41 Å². The number of rotatable bonds is 4. The summed E-state index contributed by atoms with van der Waals surface area (Å²) in [5.74, 6) is 0.0748. The van der Waals surface area contributed by atoms with Crippen molar-refractivity contribution in [1.29, 1.82) is 0 Å². The van der Waals surface area contributed by atoms with Crippen LogP contribution >= 0.6 is 0 Å². The highest BCUT2D eigenvalue weighted by molar-refractivity contribution is 5.72. The van der Waals surface area contributed by atoms with Crippen LogP contribution in [0.25, 0.3) is 0 Å². The molecule has 72 valence electrons. The average Bonchev–Trinajstić information content (AvgIpc) is 1.83. The molecule has 12 heavy (non-hydrogen) atoms. The standard InChI is InChI=1S/C10H21NO/c1-9(12)11-8-6-5-7-10(2,3)4/h5-8H2,1-4H3,(H,11,12). The first-order chi connectivity index (χ1) is 5.42. The third kappa shape index (κ3) is 9.47. The molecule has 0 aromatic carbocycles. The first-order valence-electron chi connectivity index (χ1n) is 4.66. The van der Waals surface area contributed by atoms with Crippen molar-refractivity contribution in [3.8, 4) is 0 Å². The average molecular weight is 171 g/mol. The molecule has 0 rings (SSSR count). The Morgan fingerprint density at radius 2 is 1.83 bits per heavy atom. The Morgan fingerprint density at radius 3 is 2.25 bits per heavy atom. The fourth-order valence-corrected chi connectivity index (χ4v) is 1.04. The highest BCUT2D eigenvalue weighted by Gasteiger charge is 2.08. The maximum atomic E-state index is 10.5. The lowest BCUT2D eigenvalue weighted by Gasteiger charge is -2.17. The topological polar surface area (TPSA) is 29.1 Å². The third-order valence-electron chi connectivity index (χ3n) is 1.73. The Kier molecular flexibility index (Phi) is 4.95. The summed E-state index contributed by atoms with van der Waals surface area (Å²) in [4.78, 5) is 10.5. The fraction of sp³-hybridized carbons (Fsp3) is 0.900. The lowest BCUT2D eigenvalue weighted by atomic mass is 9.90. The smallest absolute Gasteiger partial charge is 0.216 e. The number of hydrogen-bond acceptors (Lipinski definition) is 1. The molecule has 0 aliphatic heterocycles. The zero-order valence-electron chi connectivity index (χ0n) is 8.74. The summed E-state index contributed by atoms with van der Waals surface area (Å²) in [5.41, 5.74) is 0.427. The van der Waals surface area contributed by atoms with Gasteiger partial charge in [0.05, 0.1) is 0 Å². The van der Waals surface area contributed by atoms with Gasteiger partial charge in [-0.3, -0.25) is 4.79 Å². The molecule has 2 heteroatoms. The lowest BCUT2D eigenvalue weighted by molar-refractivity contribution is -0.118. The van der Waals surface area contributed by atoms with Gasteiger partial charge in [0.15, 0.2) is 0 Å². The number of carbonyl (C=O) groups is 1. The van der Waals surface area contributed by atoms with E-state index in [4.69, 9.17) is 0 Å². The Hall–Kier alpha value is -0.530. The van der Waals surface area contributed by atoms with E-state index < -0.39 is 0 Å². The summed E-state index contributed by atoms with van der Waals surface area (Å²) in [6.07, 6.45) is 3.52. The van der Waals surface area contributed by atoms with Gasteiger partial charge >= 0.3 is 0 Å². The molecule has 0 radical (unpaired) electrons. The lowest BCUT2D eigenvalue weighted by Crippen LogP contribution is -2.21. The summed E-state index contributed by atoms with van der Waals surface area (Å²) < 4.78 is 0. The quantitative estimate of drug-likeness (QED) is 0.646. The second kappa shape index (κ2) is 5.18. The van der Waals surface area contributed by atoms with Crippen LogP contribution in [-0.2, 0) is 4.79 Å². The largest absolute Gasteiger partial charge is 0.356 e. The molecular formula is C10H21NO. The molecule has 0 fully saturated rings. The minimum Gasteiger partial charge on any atom is -0.356 e. The van der Waals surface area contributed by atoms with Gasteiger partial charge in [-0.2, -0.15) is 0 Å². The molecule has 0 aliphatic carbocycles. The van der Waals surface area contributed by atoms with Crippen LogP contribution in [0, 0.1) is 5.41 Å². The zero-order chi connectivity index (χ0) is 9.61. The monoisotopic (exact) mass is 171 g/mol. The third-order valence-corrected chi connectivity index (χ3v) is 1.73. The maximum absolute atomic E-state index is 10.5. The van der Waals surface area contributed by atoms with E-state index in [0.717, 1.165) is 13.0 Å². The minimum absolute atomic E-state index is 0.0748. The highest BCUT2D eigenvalue weighted by Crippen LogP contribution is 2.20. The first-order valence-corrected chi connectivity index (χ1v) is 4.66. The van der Waals surface area contributed by atoms with Gasteiger partial charge in [-0.25, -0.2) is 0 Å². The maximum Gasteiger partial charge on any atom is 0.216 e. The van der Waals surface area contributed by atoms with Crippen LogP contribution in [0.15, 0.2) is 0 Å². The molecule has 0 aliphatic rings.